The van der Waals surface area contributed by atoms with Gasteiger partial charge in [-0.05, 0) is 31.0 Å². The van der Waals surface area contributed by atoms with Crippen molar-refractivity contribution in [2.24, 2.45) is 0 Å². The molecule has 1 aliphatic heterocycles. The normalized spacial score (nSPS) is 16.2. The first kappa shape index (κ1) is 14.8. The van der Waals surface area contributed by atoms with Crippen LogP contribution in [0, 0.1) is 6.92 Å². The summed E-state index contributed by atoms with van der Waals surface area (Å²) in [5, 5.41) is 0. The molecule has 0 saturated carbocycles. The lowest BCUT2D eigenvalue weighted by Crippen LogP contribution is -2.38. The Hall–Kier alpha value is -1.56. The van der Waals surface area contributed by atoms with Crippen LogP contribution < -0.4 is 5.73 Å². The number of hydrogen-bond acceptors (Lipinski definition) is 3. The average molecular weight is 340 g/mol. The van der Waals surface area contributed by atoms with Gasteiger partial charge in [-0.1, -0.05) is 15.9 Å². The van der Waals surface area contributed by atoms with Crippen molar-refractivity contribution in [2.45, 2.75) is 13.3 Å². The quantitative estimate of drug-likeness (QED) is 0.791. The molecular weight excluding hydrogens is 322 g/mol. The van der Waals surface area contributed by atoms with Gasteiger partial charge in [0, 0.05) is 35.9 Å². The number of amides is 2. The minimum absolute atomic E-state index is 0.0310. The van der Waals surface area contributed by atoms with Crippen molar-refractivity contribution in [3.05, 3.63) is 27.7 Å². The first-order chi connectivity index (χ1) is 9.40. The molecule has 0 spiro atoms. The third-order valence-electron chi connectivity index (χ3n) is 3.60. The van der Waals surface area contributed by atoms with Crippen LogP contribution in [0.5, 0.6) is 0 Å². The molecule has 1 fully saturated rings. The summed E-state index contributed by atoms with van der Waals surface area (Å²) in [6, 6.07) is 3.53. The van der Waals surface area contributed by atoms with Crippen LogP contribution in [0.15, 0.2) is 16.6 Å². The molecule has 1 heterocycles. The van der Waals surface area contributed by atoms with E-state index in [2.05, 4.69) is 15.9 Å². The predicted octanol–water partition coefficient (Wildman–Crippen LogP) is 1.64. The molecule has 1 aromatic rings. The zero-order valence-corrected chi connectivity index (χ0v) is 13.2. The Bertz CT molecular complexity index is 560. The maximum absolute atomic E-state index is 12.6. The van der Waals surface area contributed by atoms with E-state index >= 15 is 0 Å². The van der Waals surface area contributed by atoms with E-state index in [9.17, 15) is 9.59 Å². The van der Waals surface area contributed by atoms with Gasteiger partial charge in [0.2, 0.25) is 5.91 Å². The van der Waals surface area contributed by atoms with Gasteiger partial charge in [-0.3, -0.25) is 9.59 Å². The Labute approximate surface area is 126 Å². The summed E-state index contributed by atoms with van der Waals surface area (Å²) in [6.45, 7) is 3.21. The van der Waals surface area contributed by atoms with Crippen LogP contribution in [-0.4, -0.2) is 48.3 Å². The third kappa shape index (κ3) is 2.95. The van der Waals surface area contributed by atoms with E-state index in [-0.39, 0.29) is 18.4 Å². The number of nitrogens with two attached hydrogens (primary N) is 1. The fourth-order valence-corrected chi connectivity index (χ4v) is 2.73. The smallest absolute Gasteiger partial charge is 0.254 e. The summed E-state index contributed by atoms with van der Waals surface area (Å²) in [7, 11) is 1.76. The van der Waals surface area contributed by atoms with Gasteiger partial charge >= 0.3 is 0 Å². The SMILES string of the molecule is Cc1c(N)cc(Br)cc1C(=O)N1CCCN(C)C(=O)C1. The standard InChI is InChI=1S/C14H18BrN3O2/c1-9-11(6-10(15)7-12(9)16)14(20)18-5-3-4-17(2)13(19)8-18/h6-7H,3-5,8,16H2,1-2H3. The largest absolute Gasteiger partial charge is 0.398 e. The van der Waals surface area contributed by atoms with Crippen LogP contribution in [0.1, 0.15) is 22.3 Å². The predicted molar refractivity (Wildman–Crippen MR) is 81.4 cm³/mol. The Balaban J connectivity index is 2.29. The Morgan fingerprint density at radius 2 is 2.05 bits per heavy atom. The minimum Gasteiger partial charge on any atom is -0.398 e. The first-order valence-electron chi connectivity index (χ1n) is 6.49. The van der Waals surface area contributed by atoms with Crippen LogP contribution in [0.2, 0.25) is 0 Å². The fraction of sp³-hybridized carbons (Fsp3) is 0.429. The van der Waals surface area contributed by atoms with E-state index in [0.717, 1.165) is 16.5 Å². The number of carbonyl (C=O) groups is 2. The second-order valence-electron chi connectivity index (χ2n) is 5.06. The Kier molecular flexibility index (Phi) is 4.32. The van der Waals surface area contributed by atoms with Crippen molar-refractivity contribution in [2.75, 3.05) is 32.4 Å². The number of halogens is 1. The van der Waals surface area contributed by atoms with Crippen molar-refractivity contribution in [3.63, 3.8) is 0 Å². The van der Waals surface area contributed by atoms with Crippen LogP contribution >= 0.6 is 15.9 Å². The lowest BCUT2D eigenvalue weighted by atomic mass is 10.1. The van der Waals surface area contributed by atoms with Gasteiger partial charge in [0.15, 0.2) is 0 Å². The summed E-state index contributed by atoms with van der Waals surface area (Å²) >= 11 is 3.35. The average Bonchev–Trinajstić information content (AvgIpc) is 2.56. The lowest BCUT2D eigenvalue weighted by Gasteiger charge is -2.21. The van der Waals surface area contributed by atoms with Gasteiger partial charge in [-0.25, -0.2) is 0 Å². The molecule has 2 N–H and O–H groups in total. The molecule has 5 nitrogen and oxygen atoms in total. The molecule has 20 heavy (non-hydrogen) atoms. The van der Waals surface area contributed by atoms with E-state index in [1.165, 1.54) is 0 Å². The van der Waals surface area contributed by atoms with Crippen molar-refractivity contribution in [3.8, 4) is 0 Å². The lowest BCUT2D eigenvalue weighted by molar-refractivity contribution is -0.129. The molecule has 0 aliphatic carbocycles. The molecule has 1 aromatic carbocycles. The van der Waals surface area contributed by atoms with Crippen molar-refractivity contribution in [1.82, 2.24) is 9.80 Å². The molecule has 0 bridgehead atoms. The zero-order valence-electron chi connectivity index (χ0n) is 11.6. The van der Waals surface area contributed by atoms with E-state index in [4.69, 9.17) is 5.73 Å². The van der Waals surface area contributed by atoms with E-state index < -0.39 is 0 Å². The summed E-state index contributed by atoms with van der Waals surface area (Å²) in [6.07, 6.45) is 0.788. The summed E-state index contributed by atoms with van der Waals surface area (Å²) in [5.41, 5.74) is 7.77. The van der Waals surface area contributed by atoms with Gasteiger partial charge in [0.05, 0.1) is 0 Å². The summed E-state index contributed by atoms with van der Waals surface area (Å²) in [5.74, 6) is -0.171. The molecule has 1 saturated heterocycles. The van der Waals surface area contributed by atoms with Gasteiger partial charge in [-0.15, -0.1) is 0 Å². The second kappa shape index (κ2) is 5.83. The van der Waals surface area contributed by atoms with Crippen molar-refractivity contribution in [1.29, 1.82) is 0 Å². The van der Waals surface area contributed by atoms with Crippen LogP contribution in [0.4, 0.5) is 5.69 Å². The molecule has 6 heteroatoms. The first-order valence-corrected chi connectivity index (χ1v) is 7.28. The fourth-order valence-electron chi connectivity index (χ4n) is 2.25. The van der Waals surface area contributed by atoms with Crippen LogP contribution in [-0.2, 0) is 4.79 Å². The number of nitrogen functional groups attached to an aromatic ring is 1. The van der Waals surface area contributed by atoms with Crippen LogP contribution in [0.25, 0.3) is 0 Å². The highest BCUT2D eigenvalue weighted by molar-refractivity contribution is 9.10. The number of nitrogens with zero attached hydrogens (tertiary/aromatic N) is 2. The summed E-state index contributed by atoms with van der Waals surface area (Å²) in [4.78, 5) is 27.7. The topological polar surface area (TPSA) is 66.6 Å². The Morgan fingerprint density at radius 3 is 2.75 bits per heavy atom. The van der Waals surface area contributed by atoms with E-state index in [1.807, 2.05) is 6.92 Å². The second-order valence-corrected chi connectivity index (χ2v) is 5.98. The van der Waals surface area contributed by atoms with Crippen molar-refractivity contribution >= 4 is 33.4 Å². The molecule has 0 unspecified atom stereocenters. The molecular formula is C14H18BrN3O2. The van der Waals surface area contributed by atoms with Gasteiger partial charge in [0.25, 0.3) is 5.91 Å². The third-order valence-corrected chi connectivity index (χ3v) is 4.06. The number of benzene rings is 1. The Morgan fingerprint density at radius 1 is 1.35 bits per heavy atom. The molecule has 108 valence electrons. The maximum atomic E-state index is 12.6. The monoisotopic (exact) mass is 339 g/mol. The molecule has 0 radical (unpaired) electrons. The molecule has 2 amide bonds. The molecule has 1 aliphatic rings. The van der Waals surface area contributed by atoms with Crippen LogP contribution in [0.3, 0.4) is 0 Å². The number of carbonyl (C=O) groups excluding carboxylic acids is 2. The van der Waals surface area contributed by atoms with Gasteiger partial charge in [-0.2, -0.15) is 0 Å². The molecule has 0 aromatic heterocycles. The minimum atomic E-state index is -0.140. The molecule has 2 rings (SSSR count). The highest BCUT2D eigenvalue weighted by Crippen LogP contribution is 2.24. The number of anilines is 1. The summed E-state index contributed by atoms with van der Waals surface area (Å²) < 4.78 is 0.766. The number of rotatable bonds is 1. The highest BCUT2D eigenvalue weighted by Gasteiger charge is 2.25. The molecule has 0 atom stereocenters. The number of hydrogen-bond donors (Lipinski definition) is 1. The van der Waals surface area contributed by atoms with Crippen molar-refractivity contribution < 1.29 is 9.59 Å². The van der Waals surface area contributed by atoms with E-state index in [0.29, 0.717) is 24.3 Å². The number of likely N-dealkylation sites (N-methyl/N-ethyl adjacent to an activating group) is 1. The maximum Gasteiger partial charge on any atom is 0.254 e. The van der Waals surface area contributed by atoms with Gasteiger partial charge < -0.3 is 15.5 Å². The van der Waals surface area contributed by atoms with Gasteiger partial charge in [0.1, 0.15) is 6.54 Å². The highest BCUT2D eigenvalue weighted by atomic mass is 79.9. The van der Waals surface area contributed by atoms with E-state index in [1.54, 1.807) is 29.0 Å². The zero-order chi connectivity index (χ0) is 14.9.